The lowest BCUT2D eigenvalue weighted by molar-refractivity contribution is 0.415. The summed E-state index contributed by atoms with van der Waals surface area (Å²) in [5.41, 5.74) is 0.923. The maximum absolute atomic E-state index is 5.70. The molecule has 0 atom stereocenters. The number of benzene rings is 1. The van der Waals surface area contributed by atoms with Crippen LogP contribution in [0, 0.1) is 0 Å². The van der Waals surface area contributed by atoms with Crippen LogP contribution in [0.15, 0.2) is 36.4 Å². The topological polar surface area (TPSA) is 38.2 Å². The molecular weight excluding hydrogens is 238 g/mol. The molecule has 0 unspecified atom stereocenters. The Morgan fingerprint density at radius 3 is 2.53 bits per heavy atom. The molecule has 5 heteroatoms. The van der Waals surface area contributed by atoms with Gasteiger partial charge in [-0.1, -0.05) is 23.7 Å². The van der Waals surface area contributed by atoms with E-state index in [1.807, 2.05) is 42.3 Å². The molecule has 0 bridgehead atoms. The van der Waals surface area contributed by atoms with Gasteiger partial charge in [0, 0.05) is 7.05 Å². The minimum Gasteiger partial charge on any atom is -0.495 e. The Kier molecular flexibility index (Phi) is 3.44. The molecule has 0 aliphatic heterocycles. The third kappa shape index (κ3) is 2.47. The molecule has 1 aromatic carbocycles. The summed E-state index contributed by atoms with van der Waals surface area (Å²) >= 11 is 5.70. The van der Waals surface area contributed by atoms with Crippen molar-refractivity contribution in [3.8, 4) is 5.75 Å². The number of ether oxygens (including phenoxy) is 1. The van der Waals surface area contributed by atoms with Crippen LogP contribution in [0.25, 0.3) is 0 Å². The van der Waals surface area contributed by atoms with E-state index in [2.05, 4.69) is 10.2 Å². The van der Waals surface area contributed by atoms with Crippen LogP contribution < -0.4 is 9.64 Å². The third-order valence-corrected chi connectivity index (χ3v) is 2.61. The van der Waals surface area contributed by atoms with Crippen molar-refractivity contribution in [3.63, 3.8) is 0 Å². The van der Waals surface area contributed by atoms with Gasteiger partial charge in [0.15, 0.2) is 11.0 Å². The second-order valence-corrected chi connectivity index (χ2v) is 3.83. The molecule has 1 heterocycles. The summed E-state index contributed by atoms with van der Waals surface area (Å²) in [6.07, 6.45) is 0. The van der Waals surface area contributed by atoms with Gasteiger partial charge in [-0.25, -0.2) is 0 Å². The van der Waals surface area contributed by atoms with Gasteiger partial charge in [-0.3, -0.25) is 0 Å². The first-order valence-electron chi connectivity index (χ1n) is 5.08. The Balaban J connectivity index is 2.36. The largest absolute Gasteiger partial charge is 0.495 e. The summed E-state index contributed by atoms with van der Waals surface area (Å²) in [5, 5.41) is 8.21. The highest BCUT2D eigenvalue weighted by atomic mass is 35.5. The zero-order chi connectivity index (χ0) is 12.3. The van der Waals surface area contributed by atoms with Crippen LogP contribution in [0.5, 0.6) is 5.75 Å². The van der Waals surface area contributed by atoms with E-state index in [1.165, 1.54) is 0 Å². The van der Waals surface area contributed by atoms with Gasteiger partial charge in [0.2, 0.25) is 0 Å². The first-order chi connectivity index (χ1) is 8.22. The molecule has 0 saturated carbocycles. The molecule has 88 valence electrons. The summed E-state index contributed by atoms with van der Waals surface area (Å²) in [7, 11) is 3.54. The highest BCUT2D eigenvalue weighted by Crippen LogP contribution is 2.30. The summed E-state index contributed by atoms with van der Waals surface area (Å²) < 4.78 is 5.30. The van der Waals surface area contributed by atoms with Gasteiger partial charge in [0.1, 0.15) is 5.75 Å². The van der Waals surface area contributed by atoms with E-state index in [0.29, 0.717) is 11.0 Å². The SMILES string of the molecule is COc1ccccc1N(C)c1ccc(Cl)nn1. The van der Waals surface area contributed by atoms with Crippen molar-refractivity contribution < 1.29 is 4.74 Å². The first kappa shape index (κ1) is 11.7. The molecule has 0 radical (unpaired) electrons. The monoisotopic (exact) mass is 249 g/mol. The zero-order valence-electron chi connectivity index (χ0n) is 9.59. The minimum absolute atomic E-state index is 0.377. The van der Waals surface area contributed by atoms with Crippen molar-refractivity contribution in [1.82, 2.24) is 10.2 Å². The van der Waals surface area contributed by atoms with Gasteiger partial charge in [0.05, 0.1) is 12.8 Å². The summed E-state index contributed by atoms with van der Waals surface area (Å²) in [6, 6.07) is 11.2. The van der Waals surface area contributed by atoms with Gasteiger partial charge < -0.3 is 9.64 Å². The Bertz CT molecular complexity index is 501. The van der Waals surface area contributed by atoms with Crippen LogP contribution >= 0.6 is 11.6 Å². The highest BCUT2D eigenvalue weighted by molar-refractivity contribution is 6.29. The number of aromatic nitrogens is 2. The molecular formula is C12H12ClN3O. The molecule has 17 heavy (non-hydrogen) atoms. The number of nitrogens with zero attached hydrogens (tertiary/aromatic N) is 3. The maximum Gasteiger partial charge on any atom is 0.155 e. The second kappa shape index (κ2) is 5.01. The third-order valence-electron chi connectivity index (χ3n) is 2.41. The molecule has 0 spiro atoms. The standard InChI is InChI=1S/C12H12ClN3O/c1-16(12-8-7-11(13)14-15-12)9-5-3-4-6-10(9)17-2/h3-8H,1-2H3. The van der Waals surface area contributed by atoms with Crippen molar-refractivity contribution in [2.24, 2.45) is 0 Å². The average Bonchev–Trinajstić information content (AvgIpc) is 2.39. The van der Waals surface area contributed by atoms with Crippen LogP contribution in [0.2, 0.25) is 5.15 Å². The predicted molar refractivity (Wildman–Crippen MR) is 68.1 cm³/mol. The van der Waals surface area contributed by atoms with E-state index in [0.717, 1.165) is 11.4 Å². The Labute approximate surface area is 105 Å². The minimum atomic E-state index is 0.377. The van der Waals surface area contributed by atoms with Crippen molar-refractivity contribution in [1.29, 1.82) is 0 Å². The van der Waals surface area contributed by atoms with Crippen LogP contribution in [0.1, 0.15) is 0 Å². The van der Waals surface area contributed by atoms with Crippen molar-refractivity contribution >= 4 is 23.1 Å². The molecule has 0 N–H and O–H groups in total. The van der Waals surface area contributed by atoms with E-state index in [1.54, 1.807) is 13.2 Å². The summed E-state index contributed by atoms with van der Waals surface area (Å²) in [5.74, 6) is 1.49. The van der Waals surface area contributed by atoms with E-state index < -0.39 is 0 Å². The maximum atomic E-state index is 5.70. The predicted octanol–water partition coefficient (Wildman–Crippen LogP) is 2.91. The molecule has 0 fully saturated rings. The van der Waals surface area contributed by atoms with Crippen molar-refractivity contribution in [2.75, 3.05) is 19.1 Å². The fourth-order valence-corrected chi connectivity index (χ4v) is 1.62. The highest BCUT2D eigenvalue weighted by Gasteiger charge is 2.10. The van der Waals surface area contributed by atoms with E-state index in [-0.39, 0.29) is 0 Å². The smallest absolute Gasteiger partial charge is 0.155 e. The number of halogens is 1. The summed E-state index contributed by atoms with van der Waals surface area (Å²) in [4.78, 5) is 1.89. The fraction of sp³-hybridized carbons (Fsp3) is 0.167. The quantitative estimate of drug-likeness (QED) is 0.838. The van der Waals surface area contributed by atoms with E-state index in [9.17, 15) is 0 Å². The van der Waals surface area contributed by atoms with E-state index >= 15 is 0 Å². The number of hydrogen-bond donors (Lipinski definition) is 0. The molecule has 0 aliphatic rings. The van der Waals surface area contributed by atoms with Gasteiger partial charge in [0.25, 0.3) is 0 Å². The van der Waals surface area contributed by atoms with Crippen LogP contribution in [0.3, 0.4) is 0 Å². The van der Waals surface area contributed by atoms with Crippen molar-refractivity contribution in [2.45, 2.75) is 0 Å². The van der Waals surface area contributed by atoms with Crippen LogP contribution in [-0.4, -0.2) is 24.4 Å². The molecule has 0 aliphatic carbocycles. The Morgan fingerprint density at radius 2 is 1.88 bits per heavy atom. The first-order valence-corrected chi connectivity index (χ1v) is 5.46. The van der Waals surface area contributed by atoms with Gasteiger partial charge >= 0.3 is 0 Å². The molecule has 0 amide bonds. The lowest BCUT2D eigenvalue weighted by Crippen LogP contribution is -2.12. The van der Waals surface area contributed by atoms with Gasteiger partial charge in [-0.05, 0) is 24.3 Å². The molecule has 1 aromatic heterocycles. The Morgan fingerprint density at radius 1 is 1.12 bits per heavy atom. The number of hydrogen-bond acceptors (Lipinski definition) is 4. The number of rotatable bonds is 3. The van der Waals surface area contributed by atoms with Gasteiger partial charge in [-0.15, -0.1) is 10.2 Å². The lowest BCUT2D eigenvalue weighted by atomic mass is 10.2. The molecule has 0 saturated heterocycles. The van der Waals surface area contributed by atoms with Crippen LogP contribution in [0.4, 0.5) is 11.5 Å². The number of methoxy groups -OCH3 is 1. The second-order valence-electron chi connectivity index (χ2n) is 3.45. The normalized spacial score (nSPS) is 10.1. The summed E-state index contributed by atoms with van der Waals surface area (Å²) in [6.45, 7) is 0. The number of para-hydroxylation sites is 2. The van der Waals surface area contributed by atoms with Crippen molar-refractivity contribution in [3.05, 3.63) is 41.6 Å². The fourth-order valence-electron chi connectivity index (χ4n) is 1.52. The number of anilines is 2. The molecule has 2 rings (SSSR count). The molecule has 4 nitrogen and oxygen atoms in total. The lowest BCUT2D eigenvalue weighted by Gasteiger charge is -2.19. The Hall–Kier alpha value is -1.81. The van der Waals surface area contributed by atoms with Gasteiger partial charge in [-0.2, -0.15) is 0 Å². The van der Waals surface area contributed by atoms with E-state index in [4.69, 9.17) is 16.3 Å². The zero-order valence-corrected chi connectivity index (χ0v) is 10.3. The van der Waals surface area contributed by atoms with Crippen LogP contribution in [-0.2, 0) is 0 Å². The molecule has 2 aromatic rings. The average molecular weight is 250 g/mol.